The van der Waals surface area contributed by atoms with Gasteiger partial charge in [0.15, 0.2) is 0 Å². The molecule has 1 N–H and O–H groups in total. The Hall–Kier alpha value is -0.500. The van der Waals surface area contributed by atoms with Gasteiger partial charge in [0.2, 0.25) is 10.0 Å². The maximum absolute atomic E-state index is 11.1. The Labute approximate surface area is 125 Å². The first-order chi connectivity index (χ1) is 9.46. The molecular formula is C13H23N3O2S2. The van der Waals surface area contributed by atoms with E-state index in [-0.39, 0.29) is 0 Å². The van der Waals surface area contributed by atoms with Crippen LogP contribution < -0.4 is 4.72 Å². The predicted octanol–water partition coefficient (Wildman–Crippen LogP) is 1.47. The molecule has 1 atom stereocenters. The van der Waals surface area contributed by atoms with Gasteiger partial charge in [0.05, 0.1) is 17.0 Å². The van der Waals surface area contributed by atoms with Gasteiger partial charge >= 0.3 is 0 Å². The molecule has 1 aromatic rings. The number of thiazole rings is 1. The summed E-state index contributed by atoms with van der Waals surface area (Å²) in [5.74, 6) is 0.405. The molecule has 1 aliphatic heterocycles. The van der Waals surface area contributed by atoms with Crippen LogP contribution in [-0.2, 0) is 23.0 Å². The summed E-state index contributed by atoms with van der Waals surface area (Å²) in [6, 6.07) is 0. The second-order valence-electron chi connectivity index (χ2n) is 5.45. The molecule has 0 aliphatic carbocycles. The summed E-state index contributed by atoms with van der Waals surface area (Å²) in [6.45, 7) is 5.57. The average Bonchev–Trinajstić information content (AvgIpc) is 2.84. The van der Waals surface area contributed by atoms with Crippen LogP contribution in [0.25, 0.3) is 0 Å². The third-order valence-corrected chi connectivity index (χ3v) is 5.26. The molecule has 0 spiro atoms. The summed E-state index contributed by atoms with van der Waals surface area (Å²) >= 11 is 1.72. The summed E-state index contributed by atoms with van der Waals surface area (Å²) < 4.78 is 24.9. The zero-order chi connectivity index (χ0) is 14.6. The number of piperidine rings is 1. The van der Waals surface area contributed by atoms with Gasteiger partial charge in [-0.05, 0) is 31.7 Å². The molecule has 0 radical (unpaired) electrons. The van der Waals surface area contributed by atoms with Crippen LogP contribution in [0.3, 0.4) is 0 Å². The van der Waals surface area contributed by atoms with E-state index >= 15 is 0 Å². The maximum atomic E-state index is 11.1. The van der Waals surface area contributed by atoms with Crippen molar-refractivity contribution >= 4 is 21.4 Å². The van der Waals surface area contributed by atoms with E-state index in [1.165, 1.54) is 11.3 Å². The molecule has 5 nitrogen and oxygen atoms in total. The van der Waals surface area contributed by atoms with Crippen molar-refractivity contribution in [2.24, 2.45) is 5.92 Å². The first-order valence-corrected chi connectivity index (χ1v) is 9.83. The van der Waals surface area contributed by atoms with Crippen molar-refractivity contribution in [1.82, 2.24) is 14.6 Å². The fraction of sp³-hybridized carbons (Fsp3) is 0.769. The first-order valence-electron chi connectivity index (χ1n) is 7.06. The first kappa shape index (κ1) is 15.9. The SMILES string of the molecule is CCc1nc(CN2CCC[C@H](CNS(C)(=O)=O)C2)cs1. The maximum Gasteiger partial charge on any atom is 0.208 e. The lowest BCUT2D eigenvalue weighted by Crippen LogP contribution is -2.40. The van der Waals surface area contributed by atoms with Crippen molar-refractivity contribution < 1.29 is 8.42 Å². The third-order valence-electron chi connectivity index (χ3n) is 3.52. The Morgan fingerprint density at radius 2 is 2.35 bits per heavy atom. The number of aromatic nitrogens is 1. The van der Waals surface area contributed by atoms with Crippen LogP contribution in [0.4, 0.5) is 0 Å². The Morgan fingerprint density at radius 3 is 3.00 bits per heavy atom. The predicted molar refractivity (Wildman–Crippen MR) is 82.3 cm³/mol. The number of hydrogen-bond donors (Lipinski definition) is 1. The molecule has 1 fully saturated rings. The van der Waals surface area contributed by atoms with E-state index in [0.29, 0.717) is 12.5 Å². The monoisotopic (exact) mass is 317 g/mol. The number of nitrogens with one attached hydrogen (secondary N) is 1. The summed E-state index contributed by atoms with van der Waals surface area (Å²) in [6.07, 6.45) is 4.43. The second-order valence-corrected chi connectivity index (χ2v) is 8.23. The van der Waals surface area contributed by atoms with Crippen molar-refractivity contribution in [1.29, 1.82) is 0 Å². The van der Waals surface area contributed by atoms with Gasteiger partial charge in [0.1, 0.15) is 0 Å². The van der Waals surface area contributed by atoms with Gasteiger partial charge in [-0.15, -0.1) is 11.3 Å². The van der Waals surface area contributed by atoms with Crippen molar-refractivity contribution in [2.45, 2.75) is 32.7 Å². The minimum absolute atomic E-state index is 0.405. The van der Waals surface area contributed by atoms with E-state index in [0.717, 1.165) is 44.6 Å². The normalized spacial score (nSPS) is 21.2. The molecule has 0 bridgehead atoms. The quantitative estimate of drug-likeness (QED) is 0.863. The lowest BCUT2D eigenvalue weighted by molar-refractivity contribution is 0.167. The summed E-state index contributed by atoms with van der Waals surface area (Å²) in [5, 5.41) is 3.32. The molecule has 7 heteroatoms. The van der Waals surface area contributed by atoms with Crippen molar-refractivity contribution in [3.63, 3.8) is 0 Å². The Morgan fingerprint density at radius 1 is 1.55 bits per heavy atom. The molecule has 2 heterocycles. The average molecular weight is 317 g/mol. The number of hydrogen-bond acceptors (Lipinski definition) is 5. The Balaban J connectivity index is 1.83. The highest BCUT2D eigenvalue weighted by atomic mass is 32.2. The largest absolute Gasteiger partial charge is 0.297 e. The number of aryl methyl sites for hydroxylation is 1. The van der Waals surface area contributed by atoms with Crippen LogP contribution in [0.15, 0.2) is 5.38 Å². The third kappa shape index (κ3) is 5.12. The van der Waals surface area contributed by atoms with Crippen molar-refractivity contribution in [3.8, 4) is 0 Å². The van der Waals surface area contributed by atoms with Gasteiger partial charge in [-0.1, -0.05) is 6.92 Å². The summed E-state index contributed by atoms with van der Waals surface area (Å²) in [5.41, 5.74) is 1.14. The highest BCUT2D eigenvalue weighted by Gasteiger charge is 2.21. The van der Waals surface area contributed by atoms with Gasteiger partial charge in [-0.25, -0.2) is 18.1 Å². The molecule has 0 saturated carbocycles. The van der Waals surface area contributed by atoms with E-state index in [1.807, 2.05) is 0 Å². The van der Waals surface area contributed by atoms with Crippen molar-refractivity contribution in [3.05, 3.63) is 16.1 Å². The molecule has 1 aliphatic rings. The molecular weight excluding hydrogens is 294 g/mol. The van der Waals surface area contributed by atoms with E-state index < -0.39 is 10.0 Å². The van der Waals surface area contributed by atoms with Crippen molar-refractivity contribution in [2.75, 3.05) is 25.9 Å². The van der Waals surface area contributed by atoms with Crippen LogP contribution in [0.2, 0.25) is 0 Å². The molecule has 1 saturated heterocycles. The molecule has 0 aromatic carbocycles. The van der Waals surface area contributed by atoms with Gasteiger partial charge in [0, 0.05) is 25.0 Å². The number of sulfonamides is 1. The molecule has 0 amide bonds. The van der Waals surface area contributed by atoms with Gasteiger partial charge in [0.25, 0.3) is 0 Å². The number of rotatable bonds is 6. The van der Waals surface area contributed by atoms with Gasteiger partial charge in [-0.2, -0.15) is 0 Å². The lowest BCUT2D eigenvalue weighted by Gasteiger charge is -2.32. The minimum atomic E-state index is -3.08. The number of likely N-dealkylation sites (tertiary alicyclic amines) is 1. The fourth-order valence-electron chi connectivity index (χ4n) is 2.54. The van der Waals surface area contributed by atoms with Gasteiger partial charge < -0.3 is 0 Å². The second kappa shape index (κ2) is 6.98. The van der Waals surface area contributed by atoms with Crippen LogP contribution in [0, 0.1) is 5.92 Å². The Bertz CT molecular complexity index is 527. The highest BCUT2D eigenvalue weighted by Crippen LogP contribution is 2.19. The number of nitrogens with zero attached hydrogens (tertiary/aromatic N) is 2. The Kier molecular flexibility index (Phi) is 5.54. The molecule has 114 valence electrons. The molecule has 1 aromatic heterocycles. The standard InChI is InChI=1S/C13H23N3O2S2/c1-3-13-15-12(10-19-13)9-16-6-4-5-11(8-16)7-14-20(2,17)18/h10-11,14H,3-9H2,1-2H3/t11-/m1/s1. The summed E-state index contributed by atoms with van der Waals surface area (Å²) in [7, 11) is -3.08. The highest BCUT2D eigenvalue weighted by molar-refractivity contribution is 7.88. The fourth-order valence-corrected chi connectivity index (χ4v) is 3.82. The summed E-state index contributed by atoms with van der Waals surface area (Å²) in [4.78, 5) is 6.98. The van der Waals surface area contributed by atoms with E-state index in [9.17, 15) is 8.42 Å². The van der Waals surface area contributed by atoms with E-state index in [4.69, 9.17) is 0 Å². The zero-order valence-corrected chi connectivity index (χ0v) is 13.8. The smallest absolute Gasteiger partial charge is 0.208 e. The lowest BCUT2D eigenvalue weighted by atomic mass is 9.98. The van der Waals surface area contributed by atoms with Crippen LogP contribution in [0.1, 0.15) is 30.5 Å². The van der Waals surface area contributed by atoms with Crippen LogP contribution >= 0.6 is 11.3 Å². The molecule has 2 rings (SSSR count). The zero-order valence-electron chi connectivity index (χ0n) is 12.1. The topological polar surface area (TPSA) is 62.3 Å². The molecule has 20 heavy (non-hydrogen) atoms. The van der Waals surface area contributed by atoms with E-state index in [1.54, 1.807) is 11.3 Å². The minimum Gasteiger partial charge on any atom is -0.297 e. The molecule has 0 unspecified atom stereocenters. The van der Waals surface area contributed by atoms with E-state index in [2.05, 4.69) is 26.9 Å². The van der Waals surface area contributed by atoms with Crippen LogP contribution in [0.5, 0.6) is 0 Å². The van der Waals surface area contributed by atoms with Crippen LogP contribution in [-0.4, -0.2) is 44.2 Å². The van der Waals surface area contributed by atoms with Gasteiger partial charge in [-0.3, -0.25) is 4.90 Å².